The van der Waals surface area contributed by atoms with Crippen molar-refractivity contribution in [3.8, 4) is 0 Å². The summed E-state index contributed by atoms with van der Waals surface area (Å²) in [4.78, 5) is 2.48. The lowest BCUT2D eigenvalue weighted by Crippen LogP contribution is -2.38. The molecule has 4 rings (SSSR count). The zero-order valence-electron chi connectivity index (χ0n) is 14.1. The van der Waals surface area contributed by atoms with E-state index in [2.05, 4.69) is 40.3 Å². The van der Waals surface area contributed by atoms with E-state index in [0.717, 1.165) is 48.6 Å². The van der Waals surface area contributed by atoms with E-state index in [1.165, 1.54) is 17.7 Å². The molecule has 4 N–H and O–H groups in total. The highest BCUT2D eigenvalue weighted by Gasteiger charge is 2.37. The summed E-state index contributed by atoms with van der Waals surface area (Å²) < 4.78 is 0. The van der Waals surface area contributed by atoms with Crippen LogP contribution in [0.4, 0.5) is 5.69 Å². The molecule has 4 heteroatoms. The van der Waals surface area contributed by atoms with Crippen LogP contribution in [0, 0.1) is 0 Å². The van der Waals surface area contributed by atoms with Gasteiger partial charge in [0, 0.05) is 42.3 Å². The minimum atomic E-state index is 0.506. The molecule has 3 aliphatic rings. The lowest BCUT2D eigenvalue weighted by molar-refractivity contribution is 0.479. The van der Waals surface area contributed by atoms with E-state index in [4.69, 9.17) is 5.73 Å². The van der Waals surface area contributed by atoms with Crippen molar-refractivity contribution in [1.82, 2.24) is 10.2 Å². The Balaban J connectivity index is 1.74. The summed E-state index contributed by atoms with van der Waals surface area (Å²) in [6.45, 7) is 8.31. The number of fused-ring (bicyclic) bond motifs is 1. The zero-order chi connectivity index (χ0) is 16.5. The van der Waals surface area contributed by atoms with Crippen LogP contribution in [0.25, 0.3) is 17.8 Å². The molecular weight excluding hydrogens is 296 g/mol. The average molecular weight is 322 g/mol. The highest BCUT2D eigenvalue weighted by atomic mass is 15.3. The van der Waals surface area contributed by atoms with Gasteiger partial charge >= 0.3 is 0 Å². The summed E-state index contributed by atoms with van der Waals surface area (Å²) in [5.74, 6) is 0. The van der Waals surface area contributed by atoms with Crippen molar-refractivity contribution in [1.29, 1.82) is 0 Å². The Morgan fingerprint density at radius 1 is 1.29 bits per heavy atom. The minimum absolute atomic E-state index is 0.506. The number of nitrogens with zero attached hydrogens (tertiary/aromatic N) is 1. The van der Waals surface area contributed by atoms with Gasteiger partial charge in [0.15, 0.2) is 0 Å². The van der Waals surface area contributed by atoms with Gasteiger partial charge in [0.25, 0.3) is 0 Å². The molecule has 2 saturated heterocycles. The maximum Gasteiger partial charge on any atom is 0.0442 e. The molecule has 0 aliphatic carbocycles. The van der Waals surface area contributed by atoms with Crippen LogP contribution in [-0.2, 0) is 0 Å². The summed E-state index contributed by atoms with van der Waals surface area (Å²) >= 11 is 0. The third-order valence-electron chi connectivity index (χ3n) is 5.27. The Labute approximate surface area is 143 Å². The predicted molar refractivity (Wildman–Crippen MR) is 102 cm³/mol. The molecule has 2 fully saturated rings. The zero-order valence-corrected chi connectivity index (χ0v) is 14.1. The minimum Gasteiger partial charge on any atom is -0.404 e. The quantitative estimate of drug-likeness (QED) is 0.711. The number of benzene rings is 1. The first-order valence-corrected chi connectivity index (χ1v) is 8.89. The van der Waals surface area contributed by atoms with E-state index in [-0.39, 0.29) is 0 Å². The topological polar surface area (TPSA) is 53.1 Å². The van der Waals surface area contributed by atoms with Gasteiger partial charge in [-0.1, -0.05) is 24.8 Å². The van der Waals surface area contributed by atoms with E-state index < -0.39 is 0 Å². The fourth-order valence-corrected chi connectivity index (χ4v) is 3.84. The van der Waals surface area contributed by atoms with Crippen molar-refractivity contribution in [2.75, 3.05) is 31.5 Å². The van der Waals surface area contributed by atoms with Crippen LogP contribution in [0.5, 0.6) is 0 Å². The number of hydrogen-bond donors (Lipinski definition) is 3. The first-order valence-electron chi connectivity index (χ1n) is 8.89. The molecule has 0 spiro atoms. The SMILES string of the molecule is C=C/C=c1/cc(C2=CC3CN3C2)cc(NC2CCNCC2)/c1=C/N. The van der Waals surface area contributed by atoms with Gasteiger partial charge in [0.1, 0.15) is 0 Å². The van der Waals surface area contributed by atoms with Gasteiger partial charge in [-0.3, -0.25) is 4.90 Å². The average Bonchev–Trinajstić information content (AvgIpc) is 3.21. The van der Waals surface area contributed by atoms with Gasteiger partial charge < -0.3 is 16.4 Å². The molecule has 0 radical (unpaired) electrons. The second-order valence-corrected chi connectivity index (χ2v) is 6.95. The van der Waals surface area contributed by atoms with Gasteiger partial charge in [-0.2, -0.15) is 0 Å². The smallest absolute Gasteiger partial charge is 0.0442 e. The third-order valence-corrected chi connectivity index (χ3v) is 5.27. The Bertz CT molecular complexity index is 787. The summed E-state index contributed by atoms with van der Waals surface area (Å²) in [6.07, 6.45) is 10.3. The van der Waals surface area contributed by atoms with E-state index in [0.29, 0.717) is 12.1 Å². The van der Waals surface area contributed by atoms with Crippen LogP contribution < -0.4 is 26.8 Å². The molecule has 126 valence electrons. The van der Waals surface area contributed by atoms with Crippen LogP contribution in [0.2, 0.25) is 0 Å². The van der Waals surface area contributed by atoms with Gasteiger partial charge in [-0.15, -0.1) is 0 Å². The standard InChI is InChI=1S/C20H26N4/c1-2-3-14-8-15(16-9-18-13-24(18)12-16)10-20(19(14)11-21)23-17-4-6-22-7-5-17/h2-3,8-11,17-18,22-23H,1,4-7,12-13,21H2/b14-3-,19-11+. The molecule has 24 heavy (non-hydrogen) atoms. The predicted octanol–water partition coefficient (Wildman–Crippen LogP) is 0.595. The Kier molecular flexibility index (Phi) is 4.17. The van der Waals surface area contributed by atoms with E-state index >= 15 is 0 Å². The second kappa shape index (κ2) is 6.46. The molecule has 2 atom stereocenters. The number of hydrogen-bond acceptors (Lipinski definition) is 4. The number of allylic oxidation sites excluding steroid dienone is 1. The van der Waals surface area contributed by atoms with Crippen LogP contribution in [0.1, 0.15) is 18.4 Å². The largest absolute Gasteiger partial charge is 0.404 e. The number of piperidine rings is 1. The van der Waals surface area contributed by atoms with Crippen molar-refractivity contribution >= 4 is 23.5 Å². The van der Waals surface area contributed by atoms with Gasteiger partial charge in [-0.25, -0.2) is 0 Å². The lowest BCUT2D eigenvalue weighted by atomic mass is 10.0. The normalized spacial score (nSPS) is 27.8. The van der Waals surface area contributed by atoms with Crippen LogP contribution >= 0.6 is 0 Å². The molecule has 2 unspecified atom stereocenters. The molecule has 0 bridgehead atoms. The molecule has 3 heterocycles. The lowest BCUT2D eigenvalue weighted by Gasteiger charge is -2.25. The summed E-state index contributed by atoms with van der Waals surface area (Å²) in [6, 6.07) is 5.70. The number of rotatable bonds is 4. The molecule has 1 aromatic carbocycles. The van der Waals surface area contributed by atoms with Crippen molar-refractivity contribution in [3.05, 3.63) is 46.9 Å². The summed E-state index contributed by atoms with van der Waals surface area (Å²) in [5, 5.41) is 9.37. The van der Waals surface area contributed by atoms with Crippen LogP contribution in [0.15, 0.2) is 30.9 Å². The highest BCUT2D eigenvalue weighted by Crippen LogP contribution is 2.33. The van der Waals surface area contributed by atoms with Crippen molar-refractivity contribution in [2.45, 2.75) is 24.9 Å². The molecule has 0 aromatic heterocycles. The molecule has 0 amide bonds. The van der Waals surface area contributed by atoms with Gasteiger partial charge in [-0.05, 0) is 54.4 Å². The van der Waals surface area contributed by atoms with Crippen molar-refractivity contribution in [3.63, 3.8) is 0 Å². The fraction of sp³-hybridized carbons (Fsp3) is 0.400. The first-order chi connectivity index (χ1) is 11.8. The maximum absolute atomic E-state index is 5.97. The monoisotopic (exact) mass is 322 g/mol. The Hall–Kier alpha value is -2.04. The van der Waals surface area contributed by atoms with E-state index in [1.54, 1.807) is 6.20 Å². The number of anilines is 1. The van der Waals surface area contributed by atoms with Gasteiger partial charge in [0.05, 0.1) is 0 Å². The van der Waals surface area contributed by atoms with Gasteiger partial charge in [0.2, 0.25) is 0 Å². The highest BCUT2D eigenvalue weighted by molar-refractivity contribution is 5.74. The molecule has 4 nitrogen and oxygen atoms in total. The second-order valence-electron chi connectivity index (χ2n) is 6.95. The number of nitrogens with two attached hydrogens (primary N) is 1. The maximum atomic E-state index is 5.97. The van der Waals surface area contributed by atoms with Crippen molar-refractivity contribution < 1.29 is 0 Å². The first kappa shape index (κ1) is 15.5. The third kappa shape index (κ3) is 2.99. The summed E-state index contributed by atoms with van der Waals surface area (Å²) in [7, 11) is 0. The molecular formula is C20H26N4. The molecule has 0 saturated carbocycles. The number of nitrogens with one attached hydrogen (secondary N) is 2. The fourth-order valence-electron chi connectivity index (χ4n) is 3.84. The van der Waals surface area contributed by atoms with E-state index in [9.17, 15) is 0 Å². The van der Waals surface area contributed by atoms with Crippen LogP contribution in [0.3, 0.4) is 0 Å². The van der Waals surface area contributed by atoms with E-state index in [1.807, 2.05) is 12.2 Å². The van der Waals surface area contributed by atoms with Crippen molar-refractivity contribution in [2.24, 2.45) is 5.73 Å². The van der Waals surface area contributed by atoms with Crippen LogP contribution in [-0.4, -0.2) is 43.2 Å². The Morgan fingerprint density at radius 3 is 2.79 bits per heavy atom. The summed E-state index contributed by atoms with van der Waals surface area (Å²) in [5.41, 5.74) is 9.85. The molecule has 1 aromatic rings. The Morgan fingerprint density at radius 2 is 2.12 bits per heavy atom. The molecule has 3 aliphatic heterocycles.